The van der Waals surface area contributed by atoms with Gasteiger partial charge in [0.1, 0.15) is 6.07 Å². The molecule has 2 rings (SSSR count). The largest absolute Gasteiger partial charge is 0.383 e. The molecule has 0 heterocycles. The first-order chi connectivity index (χ1) is 7.69. The Kier molecular flexibility index (Phi) is 3.11. The van der Waals surface area contributed by atoms with Gasteiger partial charge in [0.2, 0.25) is 0 Å². The zero-order valence-electron chi connectivity index (χ0n) is 9.71. The summed E-state index contributed by atoms with van der Waals surface area (Å²) in [5.41, 5.74) is 2.85. The number of benzene rings is 1. The third-order valence-corrected chi connectivity index (χ3v) is 4.56. The molecule has 0 radical (unpaired) electrons. The second kappa shape index (κ2) is 4.39. The molecule has 0 spiro atoms. The Balaban J connectivity index is 2.07. The van der Waals surface area contributed by atoms with Gasteiger partial charge >= 0.3 is 0 Å². The van der Waals surface area contributed by atoms with Gasteiger partial charge < -0.3 is 5.32 Å². The van der Waals surface area contributed by atoms with E-state index in [0.29, 0.717) is 4.75 Å². The number of hydrogen-bond acceptors (Lipinski definition) is 3. The van der Waals surface area contributed by atoms with Gasteiger partial charge in [-0.2, -0.15) is 17.0 Å². The molecule has 0 aromatic heterocycles. The lowest BCUT2D eigenvalue weighted by molar-refractivity contribution is 0.948. The maximum absolute atomic E-state index is 9.05. The maximum Gasteiger partial charge on any atom is 0.101 e. The van der Waals surface area contributed by atoms with Crippen molar-refractivity contribution < 1.29 is 0 Å². The normalized spacial score (nSPS) is 16.6. The van der Waals surface area contributed by atoms with Gasteiger partial charge in [0, 0.05) is 11.3 Å². The van der Waals surface area contributed by atoms with Crippen molar-refractivity contribution in [3.8, 4) is 6.07 Å². The summed E-state index contributed by atoms with van der Waals surface area (Å²) in [6, 6.07) is 8.22. The molecule has 0 saturated heterocycles. The van der Waals surface area contributed by atoms with E-state index in [-0.39, 0.29) is 0 Å². The standard InChI is InChI=1S/C13H16N2S/c1-10-3-4-12(11(7-10)8-14)15-9-13(16-2)5-6-13/h3-4,7,15H,5-6,9H2,1-2H3. The topological polar surface area (TPSA) is 35.8 Å². The molecule has 0 aliphatic heterocycles. The highest BCUT2D eigenvalue weighted by Crippen LogP contribution is 2.47. The number of anilines is 1. The van der Waals surface area contributed by atoms with Gasteiger partial charge in [-0.05, 0) is 43.7 Å². The summed E-state index contributed by atoms with van der Waals surface area (Å²) >= 11 is 1.93. The van der Waals surface area contributed by atoms with Crippen LogP contribution in [0.15, 0.2) is 18.2 Å². The fourth-order valence-electron chi connectivity index (χ4n) is 1.75. The van der Waals surface area contributed by atoms with Crippen molar-refractivity contribution in [3.05, 3.63) is 29.3 Å². The molecule has 1 aromatic rings. The number of nitrogens with zero attached hydrogens (tertiary/aromatic N) is 1. The van der Waals surface area contributed by atoms with Crippen LogP contribution in [-0.2, 0) is 0 Å². The summed E-state index contributed by atoms with van der Waals surface area (Å²) in [7, 11) is 0. The fourth-order valence-corrected chi connectivity index (χ4v) is 2.48. The lowest BCUT2D eigenvalue weighted by Gasteiger charge is -2.15. The third-order valence-electron chi connectivity index (χ3n) is 3.14. The molecule has 1 aromatic carbocycles. The molecule has 1 aliphatic carbocycles. The molecule has 0 amide bonds. The monoisotopic (exact) mass is 232 g/mol. The van der Waals surface area contributed by atoms with Crippen LogP contribution in [-0.4, -0.2) is 17.5 Å². The zero-order valence-corrected chi connectivity index (χ0v) is 10.5. The van der Waals surface area contributed by atoms with Crippen molar-refractivity contribution in [3.63, 3.8) is 0 Å². The molecular formula is C13H16N2S. The number of hydrogen-bond donors (Lipinski definition) is 1. The van der Waals surface area contributed by atoms with Crippen LogP contribution in [0.2, 0.25) is 0 Å². The highest BCUT2D eigenvalue weighted by Gasteiger charge is 2.41. The van der Waals surface area contributed by atoms with Crippen LogP contribution in [0.1, 0.15) is 24.0 Å². The molecule has 0 unspecified atom stereocenters. The van der Waals surface area contributed by atoms with Gasteiger partial charge in [-0.25, -0.2) is 0 Å². The fraction of sp³-hybridized carbons (Fsp3) is 0.462. The smallest absolute Gasteiger partial charge is 0.101 e. The summed E-state index contributed by atoms with van der Waals surface area (Å²) < 4.78 is 0.428. The Bertz CT molecular complexity index is 430. The van der Waals surface area contributed by atoms with Crippen molar-refractivity contribution in [1.82, 2.24) is 0 Å². The number of aryl methyl sites for hydroxylation is 1. The van der Waals surface area contributed by atoms with Gasteiger partial charge in [-0.15, -0.1) is 0 Å². The molecule has 3 heteroatoms. The second-order valence-corrected chi connectivity index (χ2v) is 5.68. The highest BCUT2D eigenvalue weighted by atomic mass is 32.2. The number of nitriles is 1. The Labute approximate surface area is 101 Å². The lowest BCUT2D eigenvalue weighted by atomic mass is 10.1. The molecule has 1 N–H and O–H groups in total. The summed E-state index contributed by atoms with van der Waals surface area (Å²) in [6.45, 7) is 2.97. The highest BCUT2D eigenvalue weighted by molar-refractivity contribution is 8.00. The van der Waals surface area contributed by atoms with Gasteiger partial charge in [0.05, 0.1) is 11.3 Å². The zero-order chi connectivity index (χ0) is 11.6. The first-order valence-corrected chi connectivity index (χ1v) is 6.71. The average molecular weight is 232 g/mol. The molecule has 0 bridgehead atoms. The minimum absolute atomic E-state index is 0.428. The van der Waals surface area contributed by atoms with E-state index < -0.39 is 0 Å². The van der Waals surface area contributed by atoms with Crippen molar-refractivity contribution in [1.29, 1.82) is 5.26 Å². The molecule has 1 aliphatic rings. The average Bonchev–Trinajstić information content (AvgIpc) is 3.08. The predicted molar refractivity (Wildman–Crippen MR) is 69.9 cm³/mol. The van der Waals surface area contributed by atoms with Crippen LogP contribution in [0, 0.1) is 18.3 Å². The quantitative estimate of drug-likeness (QED) is 0.866. The molecule has 1 saturated carbocycles. The summed E-state index contributed by atoms with van der Waals surface area (Å²) in [6.07, 6.45) is 4.73. The Morgan fingerprint density at radius 2 is 2.25 bits per heavy atom. The third kappa shape index (κ3) is 2.33. The van der Waals surface area contributed by atoms with Crippen molar-refractivity contribution in [2.45, 2.75) is 24.5 Å². The number of nitrogens with one attached hydrogen (secondary N) is 1. The molecule has 2 nitrogen and oxygen atoms in total. The van der Waals surface area contributed by atoms with Crippen LogP contribution in [0.3, 0.4) is 0 Å². The van der Waals surface area contributed by atoms with E-state index in [1.807, 2.05) is 36.9 Å². The van der Waals surface area contributed by atoms with E-state index in [2.05, 4.69) is 17.6 Å². The van der Waals surface area contributed by atoms with Crippen LogP contribution in [0.4, 0.5) is 5.69 Å². The summed E-state index contributed by atoms with van der Waals surface area (Å²) in [4.78, 5) is 0. The minimum atomic E-state index is 0.428. The second-order valence-electron chi connectivity index (χ2n) is 4.40. The molecule has 1 fully saturated rings. The van der Waals surface area contributed by atoms with E-state index in [1.165, 1.54) is 12.8 Å². The lowest BCUT2D eigenvalue weighted by Crippen LogP contribution is -2.17. The van der Waals surface area contributed by atoms with Gasteiger partial charge in [0.15, 0.2) is 0 Å². The van der Waals surface area contributed by atoms with Crippen molar-refractivity contribution in [2.75, 3.05) is 18.1 Å². The van der Waals surface area contributed by atoms with Crippen LogP contribution in [0.25, 0.3) is 0 Å². The van der Waals surface area contributed by atoms with Crippen LogP contribution in [0.5, 0.6) is 0 Å². The number of thioether (sulfide) groups is 1. The van der Waals surface area contributed by atoms with E-state index >= 15 is 0 Å². The summed E-state index contributed by atoms with van der Waals surface area (Å²) in [5.74, 6) is 0. The first kappa shape index (κ1) is 11.3. The maximum atomic E-state index is 9.05. The number of rotatable bonds is 4. The Morgan fingerprint density at radius 1 is 1.50 bits per heavy atom. The predicted octanol–water partition coefficient (Wildman–Crippen LogP) is 3.17. The summed E-state index contributed by atoms with van der Waals surface area (Å²) in [5, 5.41) is 12.5. The Morgan fingerprint density at radius 3 is 2.81 bits per heavy atom. The molecule has 0 atom stereocenters. The molecule has 84 valence electrons. The van der Waals surface area contributed by atoms with Gasteiger partial charge in [-0.3, -0.25) is 0 Å². The first-order valence-electron chi connectivity index (χ1n) is 5.49. The molecule has 16 heavy (non-hydrogen) atoms. The van der Waals surface area contributed by atoms with E-state index in [9.17, 15) is 0 Å². The minimum Gasteiger partial charge on any atom is -0.383 e. The SMILES string of the molecule is CSC1(CNc2ccc(C)cc2C#N)CC1. The van der Waals surface area contributed by atoms with Gasteiger partial charge in [0.25, 0.3) is 0 Å². The van der Waals surface area contributed by atoms with E-state index in [0.717, 1.165) is 23.4 Å². The Hall–Kier alpha value is -1.14. The van der Waals surface area contributed by atoms with Crippen molar-refractivity contribution in [2.24, 2.45) is 0 Å². The van der Waals surface area contributed by atoms with E-state index in [1.54, 1.807) is 0 Å². The van der Waals surface area contributed by atoms with E-state index in [4.69, 9.17) is 5.26 Å². The van der Waals surface area contributed by atoms with Crippen molar-refractivity contribution >= 4 is 17.4 Å². The van der Waals surface area contributed by atoms with Gasteiger partial charge in [-0.1, -0.05) is 6.07 Å². The molecular weight excluding hydrogens is 216 g/mol. The van der Waals surface area contributed by atoms with Crippen LogP contribution < -0.4 is 5.32 Å². The van der Waals surface area contributed by atoms with Crippen LogP contribution >= 0.6 is 11.8 Å².